The van der Waals surface area contributed by atoms with E-state index in [-0.39, 0.29) is 18.1 Å². The number of nitrogens with one attached hydrogen (secondary N) is 1. The molecule has 0 radical (unpaired) electrons. The largest absolute Gasteiger partial charge is 0.391 e. The van der Waals surface area contributed by atoms with Crippen LogP contribution >= 0.6 is 0 Å². The Labute approximate surface area is 103 Å². The van der Waals surface area contributed by atoms with E-state index >= 15 is 0 Å². The zero-order valence-corrected chi connectivity index (χ0v) is 10.7. The van der Waals surface area contributed by atoms with Crippen molar-refractivity contribution >= 4 is 5.91 Å². The zero-order valence-electron chi connectivity index (χ0n) is 10.7. The second-order valence-electron chi connectivity index (χ2n) is 5.38. The number of aliphatic hydroxyl groups excluding tert-OH is 1. The Balaban J connectivity index is 1.80. The van der Waals surface area contributed by atoms with E-state index < -0.39 is 0 Å². The van der Waals surface area contributed by atoms with E-state index in [2.05, 4.69) is 17.1 Å². The van der Waals surface area contributed by atoms with Gasteiger partial charge < -0.3 is 10.4 Å². The lowest BCUT2D eigenvalue weighted by atomic mass is 9.95. The Morgan fingerprint density at radius 1 is 1.53 bits per heavy atom. The van der Waals surface area contributed by atoms with Crippen LogP contribution in [-0.4, -0.2) is 47.2 Å². The summed E-state index contributed by atoms with van der Waals surface area (Å²) in [5, 5.41) is 13.1. The molecule has 0 aromatic heterocycles. The fourth-order valence-electron chi connectivity index (χ4n) is 3.06. The first-order chi connectivity index (χ1) is 8.20. The Morgan fingerprint density at radius 2 is 2.35 bits per heavy atom. The first-order valence-corrected chi connectivity index (χ1v) is 6.92. The SMILES string of the molecule is CCCCC(=O)N[C@@H]1CC(O)C2CCCN2C1. The predicted octanol–water partition coefficient (Wildman–Crippen LogP) is 0.890. The van der Waals surface area contributed by atoms with Gasteiger partial charge in [0.05, 0.1) is 6.10 Å². The van der Waals surface area contributed by atoms with Gasteiger partial charge in [0.1, 0.15) is 0 Å². The van der Waals surface area contributed by atoms with E-state index in [9.17, 15) is 9.90 Å². The van der Waals surface area contributed by atoms with Crippen LogP contribution < -0.4 is 5.32 Å². The number of aliphatic hydroxyl groups is 1. The number of hydrogen-bond acceptors (Lipinski definition) is 3. The highest BCUT2D eigenvalue weighted by molar-refractivity contribution is 5.76. The van der Waals surface area contributed by atoms with E-state index in [1.807, 2.05) is 0 Å². The van der Waals surface area contributed by atoms with Gasteiger partial charge in [-0.1, -0.05) is 13.3 Å². The molecule has 98 valence electrons. The van der Waals surface area contributed by atoms with Crippen molar-refractivity contribution in [2.24, 2.45) is 0 Å². The van der Waals surface area contributed by atoms with Crippen molar-refractivity contribution < 1.29 is 9.90 Å². The number of carbonyl (C=O) groups excluding carboxylic acids is 1. The van der Waals surface area contributed by atoms with Crippen LogP contribution in [0.3, 0.4) is 0 Å². The van der Waals surface area contributed by atoms with Crippen molar-refractivity contribution in [1.82, 2.24) is 10.2 Å². The first kappa shape index (κ1) is 12.8. The summed E-state index contributed by atoms with van der Waals surface area (Å²) in [5.74, 6) is 0.140. The van der Waals surface area contributed by atoms with E-state index in [4.69, 9.17) is 0 Å². The summed E-state index contributed by atoms with van der Waals surface area (Å²) in [5.41, 5.74) is 0. The van der Waals surface area contributed by atoms with Crippen molar-refractivity contribution in [1.29, 1.82) is 0 Å². The van der Waals surface area contributed by atoms with Gasteiger partial charge in [-0.3, -0.25) is 9.69 Å². The third-order valence-electron chi connectivity index (χ3n) is 3.96. The molecular weight excluding hydrogens is 216 g/mol. The van der Waals surface area contributed by atoms with Crippen LogP contribution in [0.4, 0.5) is 0 Å². The molecule has 2 saturated heterocycles. The summed E-state index contributed by atoms with van der Waals surface area (Å²) in [7, 11) is 0. The third-order valence-corrected chi connectivity index (χ3v) is 3.96. The van der Waals surface area contributed by atoms with Gasteiger partial charge in [-0.25, -0.2) is 0 Å². The van der Waals surface area contributed by atoms with Crippen LogP contribution in [0.5, 0.6) is 0 Å². The molecule has 2 N–H and O–H groups in total. The average molecular weight is 240 g/mol. The van der Waals surface area contributed by atoms with Crippen molar-refractivity contribution in [2.45, 2.75) is 63.6 Å². The van der Waals surface area contributed by atoms with Crippen LogP contribution in [0.1, 0.15) is 45.4 Å². The van der Waals surface area contributed by atoms with Crippen molar-refractivity contribution in [3.05, 3.63) is 0 Å². The molecule has 2 fully saturated rings. The molecule has 0 spiro atoms. The molecule has 3 atom stereocenters. The molecule has 0 aromatic rings. The molecule has 2 unspecified atom stereocenters. The van der Waals surface area contributed by atoms with E-state index in [1.54, 1.807) is 0 Å². The molecule has 0 saturated carbocycles. The number of amides is 1. The highest BCUT2D eigenvalue weighted by Gasteiger charge is 2.37. The molecule has 2 aliphatic heterocycles. The van der Waals surface area contributed by atoms with Gasteiger partial charge in [-0.05, 0) is 32.2 Å². The standard InChI is InChI=1S/C13H24N2O2/c1-2-3-6-13(17)14-10-8-12(16)11-5-4-7-15(11)9-10/h10-12,16H,2-9H2,1H3,(H,14,17)/t10-,11?,12?/m1/s1. The summed E-state index contributed by atoms with van der Waals surface area (Å²) in [6.07, 6.45) is 5.37. The molecule has 1 amide bonds. The van der Waals surface area contributed by atoms with Crippen LogP contribution in [0.25, 0.3) is 0 Å². The number of unbranched alkanes of at least 4 members (excludes halogenated alkanes) is 1. The van der Waals surface area contributed by atoms with Gasteiger partial charge in [-0.2, -0.15) is 0 Å². The lowest BCUT2D eigenvalue weighted by Gasteiger charge is -2.38. The monoisotopic (exact) mass is 240 g/mol. The second kappa shape index (κ2) is 5.83. The second-order valence-corrected chi connectivity index (χ2v) is 5.38. The summed E-state index contributed by atoms with van der Waals surface area (Å²) in [6, 6.07) is 0.488. The van der Waals surface area contributed by atoms with Gasteiger partial charge in [0.25, 0.3) is 0 Å². The summed E-state index contributed by atoms with van der Waals surface area (Å²) >= 11 is 0. The van der Waals surface area contributed by atoms with Crippen LogP contribution in [-0.2, 0) is 4.79 Å². The summed E-state index contributed by atoms with van der Waals surface area (Å²) < 4.78 is 0. The third kappa shape index (κ3) is 3.19. The minimum absolute atomic E-state index is 0.140. The number of hydrogen-bond donors (Lipinski definition) is 2. The maximum absolute atomic E-state index is 11.7. The highest BCUT2D eigenvalue weighted by atomic mass is 16.3. The zero-order chi connectivity index (χ0) is 12.3. The maximum Gasteiger partial charge on any atom is 0.220 e. The normalized spacial score (nSPS) is 33.4. The molecule has 0 aliphatic carbocycles. The Bertz CT molecular complexity index is 270. The topological polar surface area (TPSA) is 52.6 Å². The van der Waals surface area contributed by atoms with E-state index in [0.717, 1.165) is 38.8 Å². The summed E-state index contributed by atoms with van der Waals surface area (Å²) in [6.45, 7) is 4.08. The molecule has 0 aromatic carbocycles. The van der Waals surface area contributed by atoms with Gasteiger partial charge in [-0.15, -0.1) is 0 Å². The highest BCUT2D eigenvalue weighted by Crippen LogP contribution is 2.27. The van der Waals surface area contributed by atoms with Gasteiger partial charge >= 0.3 is 0 Å². The van der Waals surface area contributed by atoms with Gasteiger partial charge in [0.2, 0.25) is 5.91 Å². The fraction of sp³-hybridized carbons (Fsp3) is 0.923. The van der Waals surface area contributed by atoms with E-state index in [1.165, 1.54) is 6.42 Å². The van der Waals surface area contributed by atoms with Crippen molar-refractivity contribution in [3.63, 3.8) is 0 Å². The number of fused-ring (bicyclic) bond motifs is 1. The molecule has 2 aliphatic rings. The number of rotatable bonds is 4. The Hall–Kier alpha value is -0.610. The quantitative estimate of drug-likeness (QED) is 0.767. The molecule has 2 rings (SSSR count). The maximum atomic E-state index is 11.7. The van der Waals surface area contributed by atoms with E-state index in [0.29, 0.717) is 12.5 Å². The summed E-state index contributed by atoms with van der Waals surface area (Å²) in [4.78, 5) is 14.0. The molecule has 4 nitrogen and oxygen atoms in total. The average Bonchev–Trinajstić information content (AvgIpc) is 2.75. The first-order valence-electron chi connectivity index (χ1n) is 6.92. The van der Waals surface area contributed by atoms with Crippen molar-refractivity contribution in [3.8, 4) is 0 Å². The lowest BCUT2D eigenvalue weighted by molar-refractivity contribution is -0.122. The van der Waals surface area contributed by atoms with Gasteiger partial charge in [0, 0.05) is 25.0 Å². The predicted molar refractivity (Wildman–Crippen MR) is 66.7 cm³/mol. The Morgan fingerprint density at radius 3 is 3.12 bits per heavy atom. The minimum atomic E-state index is -0.261. The smallest absolute Gasteiger partial charge is 0.220 e. The van der Waals surface area contributed by atoms with Crippen LogP contribution in [0.15, 0.2) is 0 Å². The Kier molecular flexibility index (Phi) is 4.40. The van der Waals surface area contributed by atoms with Crippen molar-refractivity contribution in [2.75, 3.05) is 13.1 Å². The number of piperidine rings is 1. The lowest BCUT2D eigenvalue weighted by Crippen LogP contribution is -2.55. The molecule has 0 bridgehead atoms. The minimum Gasteiger partial charge on any atom is -0.391 e. The molecule has 2 heterocycles. The van der Waals surface area contributed by atoms with Crippen LogP contribution in [0, 0.1) is 0 Å². The van der Waals surface area contributed by atoms with Crippen LogP contribution in [0.2, 0.25) is 0 Å². The van der Waals surface area contributed by atoms with Gasteiger partial charge in [0.15, 0.2) is 0 Å². The molecular formula is C13H24N2O2. The number of nitrogens with zero attached hydrogens (tertiary/aromatic N) is 1. The fourth-order valence-corrected chi connectivity index (χ4v) is 3.06. The molecule has 4 heteroatoms. The number of carbonyl (C=O) groups is 1. The molecule has 17 heavy (non-hydrogen) atoms.